The molecule has 0 aromatic heterocycles. The van der Waals surface area contributed by atoms with Gasteiger partial charge >= 0.3 is 0 Å². The Morgan fingerprint density at radius 3 is 2.12 bits per heavy atom. The highest BCUT2D eigenvalue weighted by Gasteiger charge is 2.36. The average molecular weight is 443 g/mol. The SMILES string of the molecule is O=C(NCC1CCCCC1)C1CCCN1C(=O)CC1c2ccccc2C=Cc2ccccc21. The van der Waals surface area contributed by atoms with E-state index in [-0.39, 0.29) is 23.8 Å². The molecule has 1 saturated heterocycles. The number of rotatable bonds is 5. The van der Waals surface area contributed by atoms with Gasteiger partial charge in [-0.3, -0.25) is 9.59 Å². The first-order valence-electron chi connectivity index (χ1n) is 12.6. The first-order valence-corrected chi connectivity index (χ1v) is 12.6. The van der Waals surface area contributed by atoms with Crippen LogP contribution in [0.2, 0.25) is 0 Å². The van der Waals surface area contributed by atoms with Crippen molar-refractivity contribution in [1.29, 1.82) is 0 Å². The highest BCUT2D eigenvalue weighted by atomic mass is 16.2. The minimum absolute atomic E-state index is 0.00792. The number of benzene rings is 2. The van der Waals surface area contributed by atoms with E-state index < -0.39 is 0 Å². The van der Waals surface area contributed by atoms with E-state index in [1.807, 2.05) is 17.0 Å². The zero-order valence-electron chi connectivity index (χ0n) is 19.3. The molecule has 1 unspecified atom stereocenters. The first-order chi connectivity index (χ1) is 16.2. The molecule has 2 aromatic carbocycles. The summed E-state index contributed by atoms with van der Waals surface area (Å²) < 4.78 is 0. The van der Waals surface area contributed by atoms with Crippen LogP contribution >= 0.6 is 0 Å². The molecule has 2 amide bonds. The van der Waals surface area contributed by atoms with Crippen molar-refractivity contribution < 1.29 is 9.59 Å². The molecule has 4 nitrogen and oxygen atoms in total. The lowest BCUT2D eigenvalue weighted by Crippen LogP contribution is -2.47. The number of carbonyl (C=O) groups excluding carboxylic acids is 2. The summed E-state index contributed by atoms with van der Waals surface area (Å²) in [4.78, 5) is 28.5. The van der Waals surface area contributed by atoms with Crippen LogP contribution in [0, 0.1) is 5.92 Å². The highest BCUT2D eigenvalue weighted by Crippen LogP contribution is 2.37. The number of nitrogens with zero attached hydrogens (tertiary/aromatic N) is 1. The van der Waals surface area contributed by atoms with Crippen molar-refractivity contribution in [2.45, 2.75) is 63.3 Å². The van der Waals surface area contributed by atoms with E-state index in [9.17, 15) is 9.59 Å². The van der Waals surface area contributed by atoms with E-state index in [2.05, 4.69) is 53.9 Å². The molecule has 1 N–H and O–H groups in total. The lowest BCUT2D eigenvalue weighted by molar-refractivity contribution is -0.138. The van der Waals surface area contributed by atoms with Crippen LogP contribution in [0.25, 0.3) is 12.2 Å². The molecule has 33 heavy (non-hydrogen) atoms. The van der Waals surface area contributed by atoms with E-state index in [0.717, 1.165) is 30.5 Å². The normalized spacial score (nSPS) is 20.7. The van der Waals surface area contributed by atoms with Crippen molar-refractivity contribution in [3.8, 4) is 0 Å². The minimum atomic E-state index is -0.324. The number of nitrogens with one attached hydrogen (secondary N) is 1. The Bertz CT molecular complexity index is 988. The third-order valence-corrected chi connectivity index (χ3v) is 7.73. The average Bonchev–Trinajstić information content (AvgIpc) is 3.30. The molecular formula is C29H34N2O2. The molecular weight excluding hydrogens is 408 g/mol. The van der Waals surface area contributed by atoms with Crippen LogP contribution in [-0.4, -0.2) is 35.8 Å². The maximum Gasteiger partial charge on any atom is 0.242 e. The zero-order valence-corrected chi connectivity index (χ0v) is 19.3. The van der Waals surface area contributed by atoms with Crippen molar-refractivity contribution in [3.63, 3.8) is 0 Å². The highest BCUT2D eigenvalue weighted by molar-refractivity contribution is 5.89. The van der Waals surface area contributed by atoms with Crippen LogP contribution in [0.1, 0.15) is 79.5 Å². The molecule has 2 aromatic rings. The molecule has 2 fully saturated rings. The van der Waals surface area contributed by atoms with Gasteiger partial charge in [-0.25, -0.2) is 0 Å². The van der Waals surface area contributed by atoms with Gasteiger partial charge in [-0.1, -0.05) is 79.9 Å². The Kier molecular flexibility index (Phi) is 6.61. The Morgan fingerprint density at radius 1 is 0.818 bits per heavy atom. The number of fused-ring (bicyclic) bond motifs is 2. The van der Waals surface area contributed by atoms with Gasteiger partial charge in [0.25, 0.3) is 0 Å². The summed E-state index contributed by atoms with van der Waals surface area (Å²) >= 11 is 0. The van der Waals surface area contributed by atoms with E-state index >= 15 is 0 Å². The summed E-state index contributed by atoms with van der Waals surface area (Å²) in [6.45, 7) is 1.43. The van der Waals surface area contributed by atoms with Crippen molar-refractivity contribution in [2.24, 2.45) is 5.92 Å². The first kappa shape index (κ1) is 21.9. The van der Waals surface area contributed by atoms with Gasteiger partial charge in [0.15, 0.2) is 0 Å². The molecule has 1 saturated carbocycles. The summed E-state index contributed by atoms with van der Waals surface area (Å²) in [6, 6.07) is 16.4. The molecule has 1 heterocycles. The van der Waals surface area contributed by atoms with Gasteiger partial charge in [0.2, 0.25) is 11.8 Å². The molecule has 3 aliphatic rings. The Balaban J connectivity index is 1.31. The zero-order chi connectivity index (χ0) is 22.6. The van der Waals surface area contributed by atoms with E-state index in [0.29, 0.717) is 18.9 Å². The quantitative estimate of drug-likeness (QED) is 0.676. The van der Waals surface area contributed by atoms with Crippen LogP contribution in [0.3, 0.4) is 0 Å². The molecule has 4 heteroatoms. The van der Waals surface area contributed by atoms with Gasteiger partial charge in [-0.2, -0.15) is 0 Å². The number of carbonyl (C=O) groups is 2. The molecule has 0 bridgehead atoms. The van der Waals surface area contributed by atoms with Gasteiger partial charge in [0.1, 0.15) is 6.04 Å². The standard InChI is InChI=1S/C29H34N2O2/c32-28(31-18-8-15-27(31)29(33)30-20-21-9-2-1-3-10-21)19-26-24-13-6-4-11-22(24)16-17-23-12-5-7-14-25(23)26/h4-7,11-14,16-17,21,26-27H,1-3,8-10,15,18-20H2,(H,30,33). The predicted molar refractivity (Wildman–Crippen MR) is 133 cm³/mol. The van der Waals surface area contributed by atoms with Gasteiger partial charge in [-0.05, 0) is 53.9 Å². The molecule has 2 aliphatic carbocycles. The number of amides is 2. The molecule has 172 valence electrons. The molecule has 0 radical (unpaired) electrons. The summed E-state index contributed by atoms with van der Waals surface area (Å²) in [6.07, 6.45) is 12.6. The van der Waals surface area contributed by atoms with Gasteiger partial charge < -0.3 is 10.2 Å². The van der Waals surface area contributed by atoms with Gasteiger partial charge in [0, 0.05) is 25.4 Å². The number of hydrogen-bond donors (Lipinski definition) is 1. The van der Waals surface area contributed by atoms with Gasteiger partial charge in [-0.15, -0.1) is 0 Å². The molecule has 0 spiro atoms. The second kappa shape index (κ2) is 9.94. The molecule has 1 atom stereocenters. The van der Waals surface area contributed by atoms with Crippen LogP contribution in [0.4, 0.5) is 0 Å². The maximum atomic E-state index is 13.6. The Labute approximate surface area is 197 Å². The summed E-state index contributed by atoms with van der Waals surface area (Å²) in [5.74, 6) is 0.711. The second-order valence-electron chi connectivity index (χ2n) is 9.84. The fourth-order valence-electron chi connectivity index (χ4n) is 5.91. The van der Waals surface area contributed by atoms with Crippen LogP contribution in [0.5, 0.6) is 0 Å². The number of likely N-dealkylation sites (tertiary alicyclic amines) is 1. The lowest BCUT2D eigenvalue weighted by Gasteiger charge is -2.28. The predicted octanol–water partition coefficient (Wildman–Crippen LogP) is 5.38. The fourth-order valence-corrected chi connectivity index (χ4v) is 5.91. The van der Waals surface area contributed by atoms with E-state index in [1.165, 1.54) is 43.2 Å². The smallest absolute Gasteiger partial charge is 0.242 e. The minimum Gasteiger partial charge on any atom is -0.354 e. The largest absolute Gasteiger partial charge is 0.354 e. The van der Waals surface area contributed by atoms with Crippen molar-refractivity contribution >= 4 is 24.0 Å². The summed E-state index contributed by atoms with van der Waals surface area (Å²) in [5.41, 5.74) is 4.69. The molecule has 1 aliphatic heterocycles. The Morgan fingerprint density at radius 2 is 1.45 bits per heavy atom. The fraction of sp³-hybridized carbons (Fsp3) is 0.448. The number of hydrogen-bond acceptors (Lipinski definition) is 2. The van der Waals surface area contributed by atoms with Crippen LogP contribution in [0.15, 0.2) is 48.5 Å². The Hall–Kier alpha value is -2.88. The third kappa shape index (κ3) is 4.75. The second-order valence-corrected chi connectivity index (χ2v) is 9.84. The lowest BCUT2D eigenvalue weighted by atomic mass is 9.85. The summed E-state index contributed by atoms with van der Waals surface area (Å²) in [5, 5.41) is 3.18. The van der Waals surface area contributed by atoms with Crippen LogP contribution < -0.4 is 5.32 Å². The summed E-state index contributed by atoms with van der Waals surface area (Å²) in [7, 11) is 0. The third-order valence-electron chi connectivity index (χ3n) is 7.73. The monoisotopic (exact) mass is 442 g/mol. The van der Waals surface area contributed by atoms with Crippen molar-refractivity contribution in [1.82, 2.24) is 10.2 Å². The molecule has 5 rings (SSSR count). The topological polar surface area (TPSA) is 49.4 Å². The van der Waals surface area contributed by atoms with Crippen molar-refractivity contribution in [2.75, 3.05) is 13.1 Å². The van der Waals surface area contributed by atoms with Crippen molar-refractivity contribution in [3.05, 3.63) is 70.8 Å². The van der Waals surface area contributed by atoms with Gasteiger partial charge in [0.05, 0.1) is 0 Å². The van der Waals surface area contributed by atoms with E-state index in [1.54, 1.807) is 0 Å². The van der Waals surface area contributed by atoms with Crippen LogP contribution in [-0.2, 0) is 9.59 Å². The van der Waals surface area contributed by atoms with E-state index in [4.69, 9.17) is 0 Å². The maximum absolute atomic E-state index is 13.6.